The maximum absolute atomic E-state index is 11.6. The normalized spacial score (nSPS) is 28.8. The zero-order chi connectivity index (χ0) is 36.5. The molecule has 0 radical (unpaired) electrons. The van der Waals surface area contributed by atoms with Crippen LogP contribution in [0.3, 0.4) is 0 Å². The molecule has 4 aliphatic rings. The number of likely N-dealkylation sites (tertiary alicyclic amines) is 2. The molecule has 0 aromatic heterocycles. The van der Waals surface area contributed by atoms with Crippen molar-refractivity contribution in [2.24, 2.45) is 23.7 Å². The van der Waals surface area contributed by atoms with Crippen LogP contribution < -0.4 is 9.44 Å². The van der Waals surface area contributed by atoms with Crippen LogP contribution in [0.4, 0.5) is 11.4 Å². The fourth-order valence-corrected chi connectivity index (χ4v) is 11.1. The second-order valence-corrected chi connectivity index (χ2v) is 20.0. The molecule has 2 aromatic rings. The van der Waals surface area contributed by atoms with Crippen molar-refractivity contribution < 1.29 is 16.8 Å². The van der Waals surface area contributed by atoms with Crippen LogP contribution in [0.2, 0.25) is 10.0 Å². The molecule has 50 heavy (non-hydrogen) atoms. The lowest BCUT2D eigenvalue weighted by Crippen LogP contribution is -2.30. The number of nitrogens with one attached hydrogen (secondary N) is 2. The highest BCUT2D eigenvalue weighted by Gasteiger charge is 2.67. The Bertz CT molecular complexity index is 1700. The van der Waals surface area contributed by atoms with Crippen LogP contribution in [0.5, 0.6) is 0 Å². The summed E-state index contributed by atoms with van der Waals surface area (Å²) in [4.78, 5) is 5.17. The number of sulfonamides is 2. The molecule has 2 aliphatic heterocycles. The van der Waals surface area contributed by atoms with Crippen LogP contribution in [0.15, 0.2) is 36.4 Å². The SMILES string of the molecule is CCCCCCN1CC2C(C1)C2(C)c1c(Cl)ccc(NS(C)(=O)=O)c1Cl.CCCCCCN1CC2C(C1)C2(C)c1cccc(NS(C)(=O)=O)c1. The third-order valence-electron chi connectivity index (χ3n) is 12.0. The van der Waals surface area contributed by atoms with Gasteiger partial charge in [0.15, 0.2) is 0 Å². The van der Waals surface area contributed by atoms with Crippen molar-refractivity contribution in [3.8, 4) is 0 Å². The Morgan fingerprint density at radius 2 is 1.20 bits per heavy atom. The highest BCUT2D eigenvalue weighted by atomic mass is 35.5. The van der Waals surface area contributed by atoms with E-state index in [4.69, 9.17) is 23.2 Å². The molecule has 280 valence electrons. The van der Waals surface area contributed by atoms with E-state index in [1.165, 1.54) is 89.4 Å². The minimum atomic E-state index is -3.38. The first-order valence-corrected chi connectivity index (χ1v) is 23.1. The number of hydrogen-bond donors (Lipinski definition) is 2. The molecule has 2 saturated heterocycles. The first-order chi connectivity index (χ1) is 23.5. The molecule has 4 atom stereocenters. The summed E-state index contributed by atoms with van der Waals surface area (Å²) < 4.78 is 51.2. The number of benzene rings is 2. The van der Waals surface area contributed by atoms with Crippen LogP contribution in [-0.2, 0) is 30.9 Å². The quantitative estimate of drug-likeness (QED) is 0.167. The smallest absolute Gasteiger partial charge is 0.229 e. The number of halogens is 2. The van der Waals surface area contributed by atoms with Gasteiger partial charge in [-0.2, -0.15) is 0 Å². The Balaban J connectivity index is 0.000000195. The maximum atomic E-state index is 11.6. The van der Waals surface area contributed by atoms with Gasteiger partial charge in [0.25, 0.3) is 0 Å². The fourth-order valence-electron chi connectivity index (χ4n) is 9.07. The summed E-state index contributed by atoms with van der Waals surface area (Å²) >= 11 is 13.1. The third-order valence-corrected chi connectivity index (χ3v) is 13.9. The predicted octanol–water partition coefficient (Wildman–Crippen LogP) is 8.22. The zero-order valence-corrected chi connectivity index (χ0v) is 33.9. The highest BCUT2D eigenvalue weighted by molar-refractivity contribution is 7.92. The van der Waals surface area contributed by atoms with Gasteiger partial charge in [-0.15, -0.1) is 0 Å². The topological polar surface area (TPSA) is 98.8 Å². The predicted molar refractivity (Wildman–Crippen MR) is 210 cm³/mol. The summed E-state index contributed by atoms with van der Waals surface area (Å²) in [5.74, 6) is 2.52. The molecule has 2 saturated carbocycles. The van der Waals surface area contributed by atoms with Gasteiger partial charge in [-0.25, -0.2) is 16.8 Å². The van der Waals surface area contributed by atoms with Gasteiger partial charge in [-0.05, 0) is 85.0 Å². The molecule has 8 nitrogen and oxygen atoms in total. The first kappa shape index (κ1) is 39.6. The largest absolute Gasteiger partial charge is 0.303 e. The van der Waals surface area contributed by atoms with E-state index in [0.29, 0.717) is 33.3 Å². The Labute approximate surface area is 312 Å². The van der Waals surface area contributed by atoms with Crippen molar-refractivity contribution in [3.63, 3.8) is 0 Å². The third kappa shape index (κ3) is 8.96. The molecule has 6 rings (SSSR count). The molecule has 0 bridgehead atoms. The number of piperidine rings is 2. The average molecular weight is 770 g/mol. The monoisotopic (exact) mass is 768 g/mol. The number of hydrogen-bond acceptors (Lipinski definition) is 6. The van der Waals surface area contributed by atoms with Gasteiger partial charge in [-0.1, -0.05) is 102 Å². The zero-order valence-electron chi connectivity index (χ0n) is 30.8. The number of unbranched alkanes of at least 4 members (excludes halogenated alkanes) is 6. The summed E-state index contributed by atoms with van der Waals surface area (Å²) in [7, 11) is -6.60. The Morgan fingerprint density at radius 1 is 0.700 bits per heavy atom. The van der Waals surface area contributed by atoms with Crippen LogP contribution in [0.1, 0.15) is 90.2 Å². The van der Waals surface area contributed by atoms with Crippen molar-refractivity contribution in [2.45, 2.75) is 89.9 Å². The molecular formula is C38H58Cl2N4O4S2. The number of rotatable bonds is 16. The second-order valence-electron chi connectivity index (χ2n) is 15.7. The highest BCUT2D eigenvalue weighted by Crippen LogP contribution is 2.66. The van der Waals surface area contributed by atoms with Gasteiger partial charge in [-0.3, -0.25) is 9.44 Å². The van der Waals surface area contributed by atoms with Crippen molar-refractivity contribution >= 4 is 54.6 Å². The fraction of sp³-hybridized carbons (Fsp3) is 0.684. The van der Waals surface area contributed by atoms with E-state index in [0.717, 1.165) is 36.7 Å². The lowest BCUT2D eigenvalue weighted by molar-refractivity contribution is 0.271. The number of anilines is 2. The molecule has 2 heterocycles. The van der Waals surface area contributed by atoms with E-state index >= 15 is 0 Å². The molecule has 4 unspecified atom stereocenters. The molecule has 2 N–H and O–H groups in total. The Hall–Kier alpha value is -1.56. The first-order valence-electron chi connectivity index (χ1n) is 18.5. The molecule has 0 amide bonds. The van der Waals surface area contributed by atoms with E-state index in [1.807, 2.05) is 18.2 Å². The summed E-state index contributed by atoms with van der Waals surface area (Å²) in [6.45, 7) is 16.0. The molecule has 0 spiro atoms. The second kappa shape index (κ2) is 15.8. The van der Waals surface area contributed by atoms with Crippen molar-refractivity contribution in [1.82, 2.24) is 9.80 Å². The van der Waals surface area contributed by atoms with E-state index in [2.05, 4.69) is 53.0 Å². The molecule has 2 aliphatic carbocycles. The van der Waals surface area contributed by atoms with Crippen molar-refractivity contribution in [2.75, 3.05) is 61.2 Å². The maximum Gasteiger partial charge on any atom is 0.229 e. The Kier molecular flexibility index (Phi) is 12.5. The van der Waals surface area contributed by atoms with Gasteiger partial charge < -0.3 is 9.80 Å². The molecule has 2 aromatic carbocycles. The van der Waals surface area contributed by atoms with Crippen molar-refractivity contribution in [1.29, 1.82) is 0 Å². The summed E-state index contributed by atoms with van der Waals surface area (Å²) in [5.41, 5.74) is 3.42. The summed E-state index contributed by atoms with van der Waals surface area (Å²) in [6, 6.07) is 11.3. The molecule has 12 heteroatoms. The summed E-state index contributed by atoms with van der Waals surface area (Å²) in [6.07, 6.45) is 12.8. The minimum Gasteiger partial charge on any atom is -0.303 e. The van der Waals surface area contributed by atoms with Gasteiger partial charge >= 0.3 is 0 Å². The lowest BCUT2D eigenvalue weighted by atomic mass is 9.91. The van der Waals surface area contributed by atoms with Crippen LogP contribution in [-0.4, -0.2) is 78.4 Å². The number of fused-ring (bicyclic) bond motifs is 2. The lowest BCUT2D eigenvalue weighted by Gasteiger charge is -2.26. The van der Waals surface area contributed by atoms with E-state index in [9.17, 15) is 16.8 Å². The van der Waals surface area contributed by atoms with Gasteiger partial charge in [0, 0.05) is 47.7 Å². The average Bonchev–Trinajstić information content (AvgIpc) is 3.52. The van der Waals surface area contributed by atoms with E-state index in [-0.39, 0.29) is 10.8 Å². The van der Waals surface area contributed by atoms with Gasteiger partial charge in [0.2, 0.25) is 20.0 Å². The van der Waals surface area contributed by atoms with Crippen LogP contribution in [0, 0.1) is 23.7 Å². The van der Waals surface area contributed by atoms with E-state index in [1.54, 1.807) is 12.1 Å². The van der Waals surface area contributed by atoms with Gasteiger partial charge in [0.1, 0.15) is 0 Å². The van der Waals surface area contributed by atoms with Crippen molar-refractivity contribution in [3.05, 3.63) is 57.6 Å². The minimum absolute atomic E-state index is 0.0662. The summed E-state index contributed by atoms with van der Waals surface area (Å²) in [5, 5.41) is 1.06. The number of nitrogens with zero attached hydrogens (tertiary/aromatic N) is 2. The van der Waals surface area contributed by atoms with E-state index < -0.39 is 20.0 Å². The Morgan fingerprint density at radius 3 is 1.68 bits per heavy atom. The van der Waals surface area contributed by atoms with Crippen LogP contribution in [0.25, 0.3) is 0 Å². The molecule has 4 fully saturated rings. The van der Waals surface area contributed by atoms with Crippen LogP contribution >= 0.6 is 23.2 Å². The molecular weight excluding hydrogens is 711 g/mol. The van der Waals surface area contributed by atoms with Gasteiger partial charge in [0.05, 0.1) is 23.2 Å². The standard InChI is InChI=1S/C19H28Cl2N2O2S.C19H30N2O2S/c1-4-5-6-7-10-23-11-13-14(12-23)19(13,2)17-15(20)8-9-16(18(17)21)22-26(3,24)25;1-4-5-6-7-11-21-13-17-18(14-21)19(17,2)15-9-8-10-16(12-15)20-24(3,22)23/h8-9,13-14,22H,4-7,10-12H2,1-3H3;8-10,12,17-18,20H,4-7,11,13-14H2,1-3H3.